The monoisotopic (exact) mass is 316 g/mol. The second-order valence-corrected chi connectivity index (χ2v) is 8.33. The van der Waals surface area contributed by atoms with Gasteiger partial charge in [-0.3, -0.25) is 0 Å². The first-order chi connectivity index (χ1) is 10.3. The number of hydrogen-bond acceptors (Lipinski definition) is 0. The van der Waals surface area contributed by atoms with Crippen molar-refractivity contribution in [2.24, 2.45) is 0 Å². The summed E-state index contributed by atoms with van der Waals surface area (Å²) < 4.78 is 0. The minimum absolute atomic E-state index is 0.988. The van der Waals surface area contributed by atoms with E-state index in [2.05, 4.69) is 62.4 Å². The van der Waals surface area contributed by atoms with E-state index in [4.69, 9.17) is 0 Å². The third-order valence-electron chi connectivity index (χ3n) is 3.77. The van der Waals surface area contributed by atoms with Gasteiger partial charge < -0.3 is 0 Å². The Labute approximate surface area is 133 Å². The van der Waals surface area contributed by atoms with Gasteiger partial charge in [0.1, 0.15) is 0 Å². The lowest BCUT2D eigenvalue weighted by Crippen LogP contribution is -2.01. The molecule has 0 fully saturated rings. The molecule has 21 heavy (non-hydrogen) atoms. The first kappa shape index (κ1) is 16.7. The largest absolute Gasteiger partial charge is 0.0901 e. The van der Waals surface area contributed by atoms with Crippen LogP contribution in [-0.2, 0) is 0 Å². The van der Waals surface area contributed by atoms with Crippen molar-refractivity contribution in [3.63, 3.8) is 0 Å². The molecule has 0 saturated heterocycles. The highest BCUT2D eigenvalue weighted by atomic mass is 31.1. The van der Waals surface area contributed by atoms with Gasteiger partial charge in [0.15, 0.2) is 0 Å². The molecule has 0 heterocycles. The van der Waals surface area contributed by atoms with Gasteiger partial charge in [-0.1, -0.05) is 72.1 Å². The third-order valence-corrected chi connectivity index (χ3v) is 6.87. The highest BCUT2D eigenvalue weighted by molar-refractivity contribution is 7.47. The Hall–Kier alpha value is -0.700. The first-order valence-electron chi connectivity index (χ1n) is 7.86. The van der Waals surface area contributed by atoms with E-state index < -0.39 is 0 Å². The van der Waals surface area contributed by atoms with E-state index >= 15 is 0 Å². The summed E-state index contributed by atoms with van der Waals surface area (Å²) in [7, 11) is 1.98. The molecule has 2 rings (SSSR count). The average molecular weight is 316 g/mol. The third kappa shape index (κ3) is 5.90. The molecule has 0 radical (unpaired) electrons. The molecule has 0 aromatic heterocycles. The van der Waals surface area contributed by atoms with Crippen LogP contribution in [0.4, 0.5) is 0 Å². The van der Waals surface area contributed by atoms with Crippen molar-refractivity contribution in [1.29, 1.82) is 0 Å². The summed E-state index contributed by atoms with van der Waals surface area (Å²) in [5.41, 5.74) is 2.91. The molecule has 0 N–H and O–H groups in total. The molecule has 0 amide bonds. The quantitative estimate of drug-likeness (QED) is 0.485. The molecule has 0 aliphatic heterocycles. The van der Waals surface area contributed by atoms with E-state index in [0.29, 0.717) is 0 Å². The maximum absolute atomic E-state index is 2.29. The van der Waals surface area contributed by atoms with Gasteiger partial charge in [0, 0.05) is 0 Å². The van der Waals surface area contributed by atoms with Gasteiger partial charge in [0.25, 0.3) is 0 Å². The molecule has 2 aromatic rings. The number of hydrogen-bond donors (Lipinski definition) is 0. The molecule has 0 saturated carbocycles. The smallest absolute Gasteiger partial charge is 0.0242 e. The summed E-state index contributed by atoms with van der Waals surface area (Å²) in [6, 6.07) is 17.6. The second kappa shape index (κ2) is 9.34. The highest BCUT2D eigenvalue weighted by Crippen LogP contribution is 2.19. The molecule has 0 spiro atoms. The SMILES string of the molecule is Cc1ccccc1PCCCCCPc1ccccc1C. The van der Waals surface area contributed by atoms with E-state index in [0.717, 1.165) is 17.2 Å². The zero-order valence-corrected chi connectivity index (χ0v) is 15.2. The molecule has 2 unspecified atom stereocenters. The van der Waals surface area contributed by atoms with Gasteiger partial charge in [-0.2, -0.15) is 0 Å². The zero-order chi connectivity index (χ0) is 14.9. The summed E-state index contributed by atoms with van der Waals surface area (Å²) in [4.78, 5) is 0. The summed E-state index contributed by atoms with van der Waals surface area (Å²) >= 11 is 0. The van der Waals surface area contributed by atoms with Crippen LogP contribution in [0.15, 0.2) is 48.5 Å². The fourth-order valence-corrected chi connectivity index (χ4v) is 4.96. The zero-order valence-electron chi connectivity index (χ0n) is 13.2. The fraction of sp³-hybridized carbons (Fsp3) is 0.368. The number of unbranched alkanes of at least 4 members (excludes halogenated alkanes) is 2. The predicted octanol–water partition coefficient (Wildman–Crippen LogP) is 4.78. The Bertz CT molecular complexity index is 499. The fourth-order valence-electron chi connectivity index (χ4n) is 2.42. The van der Waals surface area contributed by atoms with E-state index in [-0.39, 0.29) is 0 Å². The van der Waals surface area contributed by atoms with Gasteiger partial charge in [0.2, 0.25) is 0 Å². The number of rotatable bonds is 8. The first-order valence-corrected chi connectivity index (χ1v) is 10.3. The summed E-state index contributed by atoms with van der Waals surface area (Å²) in [5, 5.41) is 3.11. The number of benzene rings is 2. The summed E-state index contributed by atoms with van der Waals surface area (Å²) in [6.07, 6.45) is 6.87. The highest BCUT2D eigenvalue weighted by Gasteiger charge is 1.98. The second-order valence-electron chi connectivity index (χ2n) is 5.54. The maximum atomic E-state index is 2.29. The molecule has 0 aliphatic rings. The normalized spacial score (nSPS) is 11.9. The molecule has 2 atom stereocenters. The number of aryl methyl sites for hydroxylation is 2. The van der Waals surface area contributed by atoms with Crippen molar-refractivity contribution in [1.82, 2.24) is 0 Å². The van der Waals surface area contributed by atoms with Crippen LogP contribution < -0.4 is 10.6 Å². The van der Waals surface area contributed by atoms with Crippen LogP contribution in [0.25, 0.3) is 0 Å². The Morgan fingerprint density at radius 1 is 0.619 bits per heavy atom. The Morgan fingerprint density at radius 2 is 1.05 bits per heavy atom. The molecular formula is C19H26P2. The topological polar surface area (TPSA) is 0 Å². The van der Waals surface area contributed by atoms with Crippen molar-refractivity contribution in [3.05, 3.63) is 59.7 Å². The minimum Gasteiger partial charge on any atom is -0.0901 e. The van der Waals surface area contributed by atoms with E-state index in [9.17, 15) is 0 Å². The van der Waals surface area contributed by atoms with Crippen LogP contribution >= 0.6 is 17.2 Å². The Morgan fingerprint density at radius 3 is 1.48 bits per heavy atom. The van der Waals surface area contributed by atoms with Crippen molar-refractivity contribution in [2.75, 3.05) is 12.3 Å². The lowest BCUT2D eigenvalue weighted by molar-refractivity contribution is 0.784. The van der Waals surface area contributed by atoms with Crippen molar-refractivity contribution < 1.29 is 0 Å². The van der Waals surface area contributed by atoms with E-state index in [1.54, 1.807) is 10.6 Å². The van der Waals surface area contributed by atoms with Gasteiger partial charge >= 0.3 is 0 Å². The van der Waals surface area contributed by atoms with E-state index in [1.165, 1.54) is 42.7 Å². The maximum Gasteiger partial charge on any atom is -0.0242 e. The molecule has 0 bridgehead atoms. The van der Waals surface area contributed by atoms with Crippen LogP contribution in [0, 0.1) is 13.8 Å². The van der Waals surface area contributed by atoms with Crippen LogP contribution in [0.2, 0.25) is 0 Å². The summed E-state index contributed by atoms with van der Waals surface area (Å²) in [6.45, 7) is 4.46. The van der Waals surface area contributed by atoms with Gasteiger partial charge in [-0.25, -0.2) is 0 Å². The molecule has 0 nitrogen and oxygen atoms in total. The van der Waals surface area contributed by atoms with Crippen LogP contribution in [0.3, 0.4) is 0 Å². The van der Waals surface area contributed by atoms with Crippen LogP contribution in [-0.4, -0.2) is 12.3 Å². The van der Waals surface area contributed by atoms with Gasteiger partial charge in [-0.05, 0) is 60.7 Å². The van der Waals surface area contributed by atoms with E-state index in [1.807, 2.05) is 0 Å². The van der Waals surface area contributed by atoms with Crippen LogP contribution in [0.1, 0.15) is 30.4 Å². The Kier molecular flexibility index (Phi) is 7.42. The van der Waals surface area contributed by atoms with Gasteiger partial charge in [-0.15, -0.1) is 0 Å². The molecule has 112 valence electrons. The van der Waals surface area contributed by atoms with Crippen molar-refractivity contribution >= 4 is 27.8 Å². The lowest BCUT2D eigenvalue weighted by Gasteiger charge is -2.07. The predicted molar refractivity (Wildman–Crippen MR) is 102 cm³/mol. The molecule has 2 heteroatoms. The summed E-state index contributed by atoms with van der Waals surface area (Å²) in [5.74, 6) is 0. The molecular weight excluding hydrogens is 290 g/mol. The van der Waals surface area contributed by atoms with Gasteiger partial charge in [0.05, 0.1) is 0 Å². The standard InChI is InChI=1S/C19H26P2/c1-16-10-4-6-12-18(16)20-14-8-3-9-15-21-19-13-7-5-11-17(19)2/h4-7,10-13,20-21H,3,8-9,14-15H2,1-2H3. The lowest BCUT2D eigenvalue weighted by atomic mass is 10.2. The van der Waals surface area contributed by atoms with Crippen molar-refractivity contribution in [2.45, 2.75) is 33.1 Å². The molecule has 2 aromatic carbocycles. The Balaban J connectivity index is 1.57. The van der Waals surface area contributed by atoms with Crippen molar-refractivity contribution in [3.8, 4) is 0 Å². The van der Waals surface area contributed by atoms with Crippen LogP contribution in [0.5, 0.6) is 0 Å². The minimum atomic E-state index is 0.988. The average Bonchev–Trinajstić information content (AvgIpc) is 2.50. The molecule has 0 aliphatic carbocycles.